The third kappa shape index (κ3) is 2.70. The maximum absolute atomic E-state index is 7.79. The molecule has 0 fully saturated rings. The van der Waals surface area contributed by atoms with Crippen LogP contribution in [-0.4, -0.2) is 24.5 Å². The van der Waals surface area contributed by atoms with Gasteiger partial charge in [0.15, 0.2) is 0 Å². The molecule has 2 heterocycles. The maximum Gasteiger partial charge on any atom is 0.213 e. The second-order valence-electron chi connectivity index (χ2n) is 5.15. The molecule has 1 aromatic carbocycles. The quantitative estimate of drug-likeness (QED) is 0.661. The van der Waals surface area contributed by atoms with E-state index >= 15 is 0 Å². The molecule has 21 heavy (non-hydrogen) atoms. The third-order valence-corrected chi connectivity index (χ3v) is 3.61. The van der Waals surface area contributed by atoms with Crippen LogP contribution in [0.2, 0.25) is 0 Å². The monoisotopic (exact) mass is 281 g/mol. The van der Waals surface area contributed by atoms with Crippen LogP contribution in [0.1, 0.15) is 24.1 Å². The topological polar surface area (TPSA) is 48.4 Å². The minimum Gasteiger partial charge on any atom is -0.478 e. The highest BCUT2D eigenvalue weighted by molar-refractivity contribution is 5.91. The molecule has 108 valence electrons. The van der Waals surface area contributed by atoms with Gasteiger partial charge in [-0.05, 0) is 42.3 Å². The van der Waals surface area contributed by atoms with E-state index in [1.165, 1.54) is 11.1 Å². The van der Waals surface area contributed by atoms with Gasteiger partial charge in [0.25, 0.3) is 0 Å². The van der Waals surface area contributed by atoms with Gasteiger partial charge in [0, 0.05) is 25.0 Å². The summed E-state index contributed by atoms with van der Waals surface area (Å²) in [4.78, 5) is 2.04. The molecule has 0 aliphatic carbocycles. The molecule has 2 aliphatic heterocycles. The fourth-order valence-electron chi connectivity index (χ4n) is 2.51. The van der Waals surface area contributed by atoms with Crippen LogP contribution in [0.15, 0.2) is 60.1 Å². The van der Waals surface area contributed by atoms with E-state index in [4.69, 9.17) is 10.1 Å². The zero-order chi connectivity index (χ0) is 14.8. The maximum atomic E-state index is 7.79. The van der Waals surface area contributed by atoms with Crippen LogP contribution in [0, 0.1) is 5.41 Å². The predicted octanol–water partition coefficient (Wildman–Crippen LogP) is 2.92. The summed E-state index contributed by atoms with van der Waals surface area (Å²) >= 11 is 0. The average Bonchev–Trinajstić information content (AvgIpc) is 2.90. The standard InChI is InChI=1S/C17H19N3O/c1-3-21-17(18)13-6-4-12(5-7-13)15-10-14-8-9-20(2)11-16(14)19-15/h4-11,15,18-19H,3H2,1-2H3. The van der Waals surface area contributed by atoms with E-state index in [1.54, 1.807) is 0 Å². The Morgan fingerprint density at radius 1 is 1.33 bits per heavy atom. The van der Waals surface area contributed by atoms with Crippen LogP contribution in [-0.2, 0) is 4.74 Å². The van der Waals surface area contributed by atoms with Crippen molar-refractivity contribution < 1.29 is 4.74 Å². The number of allylic oxidation sites excluding steroid dienone is 1. The Balaban J connectivity index is 1.77. The highest BCUT2D eigenvalue weighted by Crippen LogP contribution is 2.30. The zero-order valence-electron chi connectivity index (χ0n) is 12.3. The Morgan fingerprint density at radius 2 is 2.10 bits per heavy atom. The van der Waals surface area contributed by atoms with Crippen LogP contribution < -0.4 is 5.32 Å². The van der Waals surface area contributed by atoms with E-state index in [0.717, 1.165) is 11.3 Å². The lowest BCUT2D eigenvalue weighted by molar-refractivity contribution is 0.325. The Morgan fingerprint density at radius 3 is 2.81 bits per heavy atom. The van der Waals surface area contributed by atoms with Crippen molar-refractivity contribution in [3.8, 4) is 0 Å². The van der Waals surface area contributed by atoms with Gasteiger partial charge in [0.05, 0.1) is 18.3 Å². The molecule has 4 heteroatoms. The number of hydrogen-bond donors (Lipinski definition) is 2. The molecule has 2 N–H and O–H groups in total. The van der Waals surface area contributed by atoms with Gasteiger partial charge in [-0.25, -0.2) is 0 Å². The molecule has 3 rings (SSSR count). The zero-order valence-corrected chi connectivity index (χ0v) is 12.3. The molecule has 0 spiro atoms. The van der Waals surface area contributed by atoms with Gasteiger partial charge < -0.3 is 15.0 Å². The summed E-state index contributed by atoms with van der Waals surface area (Å²) in [6.45, 7) is 2.41. The van der Waals surface area contributed by atoms with Crippen molar-refractivity contribution >= 4 is 5.90 Å². The van der Waals surface area contributed by atoms with E-state index in [0.29, 0.717) is 6.61 Å². The number of rotatable bonds is 3. The van der Waals surface area contributed by atoms with Crippen LogP contribution in [0.25, 0.3) is 0 Å². The lowest BCUT2D eigenvalue weighted by Gasteiger charge is -2.17. The normalized spacial score (nSPS) is 19.5. The minimum absolute atomic E-state index is 0.178. The second-order valence-corrected chi connectivity index (χ2v) is 5.15. The molecule has 1 aromatic rings. The van der Waals surface area contributed by atoms with Gasteiger partial charge in [0.2, 0.25) is 5.90 Å². The molecule has 0 saturated carbocycles. The van der Waals surface area contributed by atoms with Gasteiger partial charge >= 0.3 is 0 Å². The first-order valence-corrected chi connectivity index (χ1v) is 7.09. The molecule has 0 amide bonds. The summed E-state index contributed by atoms with van der Waals surface area (Å²) in [5.74, 6) is 0.225. The second kappa shape index (κ2) is 5.48. The number of benzene rings is 1. The van der Waals surface area contributed by atoms with E-state index in [1.807, 2.05) is 49.3 Å². The van der Waals surface area contributed by atoms with Crippen molar-refractivity contribution in [1.82, 2.24) is 10.2 Å². The number of nitrogens with zero attached hydrogens (tertiary/aromatic N) is 1. The predicted molar refractivity (Wildman–Crippen MR) is 83.8 cm³/mol. The van der Waals surface area contributed by atoms with Crippen molar-refractivity contribution in [3.63, 3.8) is 0 Å². The fourth-order valence-corrected chi connectivity index (χ4v) is 2.51. The van der Waals surface area contributed by atoms with Crippen LogP contribution in [0.5, 0.6) is 0 Å². The lowest BCUT2D eigenvalue weighted by Crippen LogP contribution is -2.17. The molecular formula is C17H19N3O. The van der Waals surface area contributed by atoms with Crippen molar-refractivity contribution in [2.45, 2.75) is 13.0 Å². The van der Waals surface area contributed by atoms with Gasteiger partial charge in [-0.1, -0.05) is 12.1 Å². The number of nitrogens with one attached hydrogen (secondary N) is 2. The van der Waals surface area contributed by atoms with Crippen molar-refractivity contribution in [3.05, 3.63) is 71.2 Å². The summed E-state index contributed by atoms with van der Waals surface area (Å²) in [6, 6.07) is 8.14. The Kier molecular flexibility index (Phi) is 3.52. The van der Waals surface area contributed by atoms with Crippen LogP contribution in [0.3, 0.4) is 0 Å². The molecule has 0 saturated heterocycles. The molecule has 4 nitrogen and oxygen atoms in total. The largest absolute Gasteiger partial charge is 0.478 e. The molecule has 2 aliphatic rings. The van der Waals surface area contributed by atoms with Crippen LogP contribution in [0.4, 0.5) is 0 Å². The first-order valence-electron chi connectivity index (χ1n) is 7.09. The van der Waals surface area contributed by atoms with E-state index in [2.05, 4.69) is 23.7 Å². The first kappa shape index (κ1) is 13.5. The Bertz CT molecular complexity index is 641. The Hall–Kier alpha value is -2.49. The number of fused-ring (bicyclic) bond motifs is 1. The highest BCUT2D eigenvalue weighted by Gasteiger charge is 2.21. The van der Waals surface area contributed by atoms with Gasteiger partial charge in [0.1, 0.15) is 0 Å². The Labute approximate surface area is 124 Å². The van der Waals surface area contributed by atoms with Gasteiger partial charge in [-0.3, -0.25) is 5.41 Å². The number of ether oxygens (including phenoxy) is 1. The van der Waals surface area contributed by atoms with Crippen molar-refractivity contribution in [2.24, 2.45) is 0 Å². The van der Waals surface area contributed by atoms with Gasteiger partial charge in [-0.15, -0.1) is 0 Å². The lowest BCUT2D eigenvalue weighted by atomic mass is 10.0. The highest BCUT2D eigenvalue weighted by atomic mass is 16.5. The third-order valence-electron chi connectivity index (χ3n) is 3.61. The molecule has 1 unspecified atom stereocenters. The minimum atomic E-state index is 0.178. The SMILES string of the molecule is CCOC(=N)c1ccc(C2C=C3C=CN(C)C=C3N2)cc1. The average molecular weight is 281 g/mol. The number of hydrogen-bond acceptors (Lipinski definition) is 4. The molecular weight excluding hydrogens is 262 g/mol. The smallest absolute Gasteiger partial charge is 0.213 e. The summed E-state index contributed by atoms with van der Waals surface area (Å²) in [6.07, 6.45) is 8.47. The van der Waals surface area contributed by atoms with Gasteiger partial charge in [-0.2, -0.15) is 0 Å². The fraction of sp³-hybridized carbons (Fsp3) is 0.235. The summed E-state index contributed by atoms with van der Waals surface area (Å²) < 4.78 is 5.21. The van der Waals surface area contributed by atoms with Crippen molar-refractivity contribution in [1.29, 1.82) is 5.41 Å². The first-order chi connectivity index (χ1) is 10.2. The van der Waals surface area contributed by atoms with E-state index in [-0.39, 0.29) is 11.9 Å². The summed E-state index contributed by atoms with van der Waals surface area (Å²) in [5, 5.41) is 11.3. The van der Waals surface area contributed by atoms with Crippen LogP contribution >= 0.6 is 0 Å². The van der Waals surface area contributed by atoms with E-state index < -0.39 is 0 Å². The summed E-state index contributed by atoms with van der Waals surface area (Å²) in [7, 11) is 2.02. The summed E-state index contributed by atoms with van der Waals surface area (Å²) in [5.41, 5.74) is 4.37. The molecule has 0 bridgehead atoms. The molecule has 0 radical (unpaired) electrons. The molecule has 1 atom stereocenters. The van der Waals surface area contributed by atoms with E-state index in [9.17, 15) is 0 Å². The molecule has 0 aromatic heterocycles. The van der Waals surface area contributed by atoms with Crippen molar-refractivity contribution in [2.75, 3.05) is 13.7 Å².